The highest BCUT2D eigenvalue weighted by Crippen LogP contribution is 2.44. The van der Waals surface area contributed by atoms with Crippen molar-refractivity contribution in [2.75, 3.05) is 6.61 Å². The number of fused-ring (bicyclic) bond motifs is 3. The molecule has 0 radical (unpaired) electrons. The van der Waals surface area contributed by atoms with E-state index in [1.54, 1.807) is 0 Å². The van der Waals surface area contributed by atoms with E-state index in [-0.39, 0.29) is 19.1 Å². The number of alkyl carbamates (subject to hydrolysis) is 1. The molecule has 0 saturated carbocycles. The molecule has 1 aliphatic rings. The third-order valence-corrected chi connectivity index (χ3v) is 5.83. The summed E-state index contributed by atoms with van der Waals surface area (Å²) >= 11 is 0. The number of halogens is 1. The van der Waals surface area contributed by atoms with Crippen LogP contribution in [0.25, 0.3) is 11.1 Å². The number of phenolic OH excluding ortho intramolecular Hbond substituents is 1. The summed E-state index contributed by atoms with van der Waals surface area (Å²) in [7, 11) is 0. The van der Waals surface area contributed by atoms with Gasteiger partial charge >= 0.3 is 12.1 Å². The van der Waals surface area contributed by atoms with Gasteiger partial charge in [0.25, 0.3) is 0 Å². The second kappa shape index (κ2) is 10.3. The van der Waals surface area contributed by atoms with Crippen LogP contribution in [0.15, 0.2) is 66.7 Å². The van der Waals surface area contributed by atoms with Gasteiger partial charge in [0.05, 0.1) is 6.42 Å². The van der Waals surface area contributed by atoms with Gasteiger partial charge in [-0.3, -0.25) is 4.79 Å². The second-order valence-corrected chi connectivity index (χ2v) is 8.13. The van der Waals surface area contributed by atoms with Crippen molar-refractivity contribution in [1.29, 1.82) is 0 Å². The van der Waals surface area contributed by atoms with Crippen molar-refractivity contribution < 1.29 is 33.7 Å². The van der Waals surface area contributed by atoms with Gasteiger partial charge in [0.2, 0.25) is 5.91 Å². The number of hydrogen-bond acceptors (Lipinski definition) is 5. The summed E-state index contributed by atoms with van der Waals surface area (Å²) in [6, 6.07) is 17.7. The first kappa shape index (κ1) is 23.7. The van der Waals surface area contributed by atoms with Crippen LogP contribution in [0.1, 0.15) is 29.0 Å². The van der Waals surface area contributed by atoms with Gasteiger partial charge in [-0.1, -0.05) is 54.6 Å². The van der Waals surface area contributed by atoms with E-state index in [1.165, 1.54) is 6.07 Å². The van der Waals surface area contributed by atoms with Gasteiger partial charge in [0.1, 0.15) is 12.6 Å². The molecule has 3 aromatic carbocycles. The van der Waals surface area contributed by atoms with Gasteiger partial charge in [-0.05, 0) is 39.9 Å². The zero-order valence-corrected chi connectivity index (χ0v) is 18.5. The van der Waals surface area contributed by atoms with Crippen molar-refractivity contribution in [3.05, 3.63) is 89.2 Å². The Morgan fingerprint density at radius 3 is 2.20 bits per heavy atom. The Morgan fingerprint density at radius 2 is 1.60 bits per heavy atom. The van der Waals surface area contributed by atoms with E-state index < -0.39 is 42.0 Å². The number of rotatable bonds is 8. The topological polar surface area (TPSA) is 125 Å². The highest BCUT2D eigenvalue weighted by molar-refractivity contribution is 5.87. The average Bonchev–Trinajstić information content (AvgIpc) is 3.17. The number of aromatic hydroxyl groups is 1. The number of nitrogens with one attached hydrogen (secondary N) is 2. The molecule has 1 aliphatic carbocycles. The lowest BCUT2D eigenvalue weighted by Gasteiger charge is -2.17. The molecule has 0 heterocycles. The predicted molar refractivity (Wildman–Crippen MR) is 124 cm³/mol. The highest BCUT2D eigenvalue weighted by Gasteiger charge is 2.30. The van der Waals surface area contributed by atoms with Crippen LogP contribution in [0.2, 0.25) is 0 Å². The van der Waals surface area contributed by atoms with Crippen molar-refractivity contribution >= 4 is 18.0 Å². The highest BCUT2D eigenvalue weighted by atomic mass is 19.1. The molecule has 0 unspecified atom stereocenters. The molecular formula is C26H23FN2O6. The zero-order valence-electron chi connectivity index (χ0n) is 18.5. The van der Waals surface area contributed by atoms with Crippen LogP contribution < -0.4 is 10.6 Å². The van der Waals surface area contributed by atoms with Crippen LogP contribution in [0.5, 0.6) is 5.75 Å². The van der Waals surface area contributed by atoms with E-state index in [0.717, 1.165) is 34.4 Å². The SMILES string of the molecule is O=C(C[C@H](NC(=O)OCC1c2ccccc2-c2ccccc21)C(=O)O)NCc1ccc(O)c(F)c1. The Bertz CT molecular complexity index is 1230. The van der Waals surface area contributed by atoms with Crippen molar-refractivity contribution in [3.63, 3.8) is 0 Å². The lowest BCUT2D eigenvalue weighted by molar-refractivity contribution is -0.141. The summed E-state index contributed by atoms with van der Waals surface area (Å²) in [5.74, 6) is -3.60. The number of benzene rings is 3. The molecule has 0 spiro atoms. The van der Waals surface area contributed by atoms with E-state index in [4.69, 9.17) is 4.74 Å². The van der Waals surface area contributed by atoms with Gasteiger partial charge < -0.3 is 25.6 Å². The van der Waals surface area contributed by atoms with Crippen LogP contribution in [0.3, 0.4) is 0 Å². The maximum atomic E-state index is 13.4. The number of ether oxygens (including phenoxy) is 1. The number of carbonyl (C=O) groups is 3. The monoisotopic (exact) mass is 478 g/mol. The first-order chi connectivity index (χ1) is 16.8. The van der Waals surface area contributed by atoms with E-state index in [0.29, 0.717) is 5.56 Å². The van der Waals surface area contributed by atoms with Gasteiger partial charge in [-0.25, -0.2) is 14.0 Å². The standard InChI is InChI=1S/C26H23FN2O6/c27-21-11-15(9-10-23(21)30)13-28-24(31)12-22(25(32)33)29-26(34)35-14-20-18-7-3-1-5-16(18)17-6-2-4-8-19(17)20/h1-11,20,22,30H,12-14H2,(H,28,31)(H,29,34)(H,32,33)/t22-/m0/s1. The minimum Gasteiger partial charge on any atom is -0.505 e. The molecule has 0 aliphatic heterocycles. The van der Waals surface area contributed by atoms with Gasteiger partial charge in [-0.15, -0.1) is 0 Å². The molecule has 180 valence electrons. The largest absolute Gasteiger partial charge is 0.505 e. The van der Waals surface area contributed by atoms with Gasteiger partial charge in [-0.2, -0.15) is 0 Å². The van der Waals surface area contributed by atoms with Crippen LogP contribution in [-0.4, -0.2) is 40.8 Å². The number of carboxylic acid groups (broad SMARTS) is 1. The summed E-state index contributed by atoms with van der Waals surface area (Å²) in [4.78, 5) is 36.2. The van der Waals surface area contributed by atoms with Crippen molar-refractivity contribution in [1.82, 2.24) is 10.6 Å². The number of amides is 2. The summed E-state index contributed by atoms with van der Waals surface area (Å²) < 4.78 is 18.8. The Balaban J connectivity index is 1.32. The maximum absolute atomic E-state index is 13.4. The van der Waals surface area contributed by atoms with Crippen LogP contribution in [0.4, 0.5) is 9.18 Å². The Labute approximate surface area is 200 Å². The Hall–Kier alpha value is -4.40. The van der Waals surface area contributed by atoms with Crippen molar-refractivity contribution in [2.45, 2.75) is 24.9 Å². The molecule has 0 aromatic heterocycles. The molecule has 3 aromatic rings. The maximum Gasteiger partial charge on any atom is 0.407 e. The number of aliphatic carboxylic acids is 1. The molecule has 8 nitrogen and oxygen atoms in total. The molecule has 4 N–H and O–H groups in total. The van der Waals surface area contributed by atoms with Crippen molar-refractivity contribution in [2.24, 2.45) is 0 Å². The fraction of sp³-hybridized carbons (Fsp3) is 0.192. The summed E-state index contributed by atoms with van der Waals surface area (Å²) in [6.45, 7) is -0.0713. The van der Waals surface area contributed by atoms with Crippen LogP contribution >= 0.6 is 0 Å². The minimum absolute atomic E-state index is 0.00477. The van der Waals surface area contributed by atoms with Gasteiger partial charge in [0.15, 0.2) is 11.6 Å². The van der Waals surface area contributed by atoms with E-state index in [1.807, 2.05) is 48.5 Å². The Kier molecular flexibility index (Phi) is 6.96. The second-order valence-electron chi connectivity index (χ2n) is 8.13. The fourth-order valence-electron chi connectivity index (χ4n) is 4.10. The van der Waals surface area contributed by atoms with Crippen LogP contribution in [0, 0.1) is 5.82 Å². The average molecular weight is 478 g/mol. The van der Waals surface area contributed by atoms with Gasteiger partial charge in [0, 0.05) is 12.5 Å². The molecule has 4 rings (SSSR count). The quantitative estimate of drug-likeness (QED) is 0.393. The third-order valence-electron chi connectivity index (χ3n) is 5.83. The third kappa shape index (κ3) is 5.40. The molecular weight excluding hydrogens is 455 g/mol. The summed E-state index contributed by atoms with van der Waals surface area (Å²) in [5, 5.41) is 23.3. The molecule has 0 fully saturated rings. The lowest BCUT2D eigenvalue weighted by atomic mass is 9.98. The number of hydrogen-bond donors (Lipinski definition) is 4. The van der Waals surface area contributed by atoms with Crippen molar-refractivity contribution in [3.8, 4) is 16.9 Å². The first-order valence-corrected chi connectivity index (χ1v) is 10.9. The molecule has 0 bridgehead atoms. The normalized spacial score (nSPS) is 12.8. The molecule has 2 amide bonds. The molecule has 1 atom stereocenters. The molecule has 9 heteroatoms. The first-order valence-electron chi connectivity index (χ1n) is 10.9. The fourth-order valence-corrected chi connectivity index (χ4v) is 4.10. The minimum atomic E-state index is -1.51. The molecule has 35 heavy (non-hydrogen) atoms. The Morgan fingerprint density at radius 1 is 0.971 bits per heavy atom. The van der Waals surface area contributed by atoms with E-state index in [9.17, 15) is 29.0 Å². The van der Waals surface area contributed by atoms with E-state index >= 15 is 0 Å². The lowest BCUT2D eigenvalue weighted by Crippen LogP contribution is -2.44. The summed E-state index contributed by atoms with van der Waals surface area (Å²) in [5.41, 5.74) is 4.53. The predicted octanol–water partition coefficient (Wildman–Crippen LogP) is 3.53. The smallest absolute Gasteiger partial charge is 0.407 e. The van der Waals surface area contributed by atoms with Crippen LogP contribution in [-0.2, 0) is 20.9 Å². The van der Waals surface area contributed by atoms with E-state index in [2.05, 4.69) is 10.6 Å². The molecule has 0 saturated heterocycles. The zero-order chi connectivity index (χ0) is 24.9. The number of carboxylic acids is 1. The summed E-state index contributed by atoms with van der Waals surface area (Å²) in [6.07, 6.45) is -1.49. The number of phenols is 1. The number of carbonyl (C=O) groups excluding carboxylic acids is 2.